The number of para-hydroxylation sites is 1. The lowest BCUT2D eigenvalue weighted by atomic mass is 10.1. The minimum Gasteiger partial charge on any atom is -0.473 e. The molecule has 24 heavy (non-hydrogen) atoms. The molecule has 1 amide bonds. The SMILES string of the molecule is O=C(c1c[nH]c2ccccc12)N1CCC(Oc2cnccn2)CC1. The third kappa shape index (κ3) is 2.82. The Balaban J connectivity index is 1.41. The van der Waals surface area contributed by atoms with Gasteiger partial charge in [-0.25, -0.2) is 4.98 Å². The number of nitrogens with one attached hydrogen (secondary N) is 1. The highest BCUT2D eigenvalue weighted by molar-refractivity contribution is 6.06. The van der Waals surface area contributed by atoms with E-state index in [0.29, 0.717) is 19.0 Å². The fraction of sp³-hybridized carbons (Fsp3) is 0.278. The second-order valence-corrected chi connectivity index (χ2v) is 5.90. The first-order valence-electron chi connectivity index (χ1n) is 8.09. The van der Waals surface area contributed by atoms with Crippen molar-refractivity contribution in [2.75, 3.05) is 13.1 Å². The zero-order chi connectivity index (χ0) is 16.4. The Morgan fingerprint density at radius 3 is 2.83 bits per heavy atom. The average Bonchev–Trinajstić information content (AvgIpc) is 3.07. The van der Waals surface area contributed by atoms with Crippen LogP contribution in [-0.4, -0.2) is 45.0 Å². The summed E-state index contributed by atoms with van der Waals surface area (Å²) in [5, 5.41) is 0.973. The van der Waals surface area contributed by atoms with Gasteiger partial charge in [0.2, 0.25) is 5.88 Å². The van der Waals surface area contributed by atoms with Gasteiger partial charge < -0.3 is 14.6 Å². The van der Waals surface area contributed by atoms with Crippen molar-refractivity contribution in [1.29, 1.82) is 0 Å². The van der Waals surface area contributed by atoms with E-state index < -0.39 is 0 Å². The number of fused-ring (bicyclic) bond motifs is 1. The first kappa shape index (κ1) is 14.7. The maximum absolute atomic E-state index is 12.8. The molecule has 3 aromatic rings. The molecule has 2 aromatic heterocycles. The van der Waals surface area contributed by atoms with Crippen LogP contribution >= 0.6 is 0 Å². The highest BCUT2D eigenvalue weighted by Gasteiger charge is 2.26. The third-order valence-corrected chi connectivity index (χ3v) is 4.38. The maximum Gasteiger partial charge on any atom is 0.256 e. The van der Waals surface area contributed by atoms with Crippen LogP contribution in [0.15, 0.2) is 49.1 Å². The Labute approximate surface area is 139 Å². The van der Waals surface area contributed by atoms with Crippen LogP contribution in [0.2, 0.25) is 0 Å². The van der Waals surface area contributed by atoms with Crippen LogP contribution in [0.3, 0.4) is 0 Å². The molecule has 1 fully saturated rings. The van der Waals surface area contributed by atoms with E-state index in [1.807, 2.05) is 29.2 Å². The second kappa shape index (κ2) is 6.31. The average molecular weight is 322 g/mol. The summed E-state index contributed by atoms with van der Waals surface area (Å²) in [5.74, 6) is 0.615. The number of ether oxygens (including phenoxy) is 1. The van der Waals surface area contributed by atoms with E-state index in [0.717, 1.165) is 29.3 Å². The van der Waals surface area contributed by atoms with Crippen LogP contribution < -0.4 is 4.74 Å². The number of carbonyl (C=O) groups excluding carboxylic acids is 1. The van der Waals surface area contributed by atoms with Crippen LogP contribution in [-0.2, 0) is 0 Å². The van der Waals surface area contributed by atoms with Gasteiger partial charge in [0.05, 0.1) is 11.8 Å². The van der Waals surface area contributed by atoms with Crippen molar-refractivity contribution in [2.24, 2.45) is 0 Å². The largest absolute Gasteiger partial charge is 0.473 e. The Morgan fingerprint density at radius 2 is 2.04 bits per heavy atom. The van der Waals surface area contributed by atoms with Crippen molar-refractivity contribution in [1.82, 2.24) is 19.9 Å². The van der Waals surface area contributed by atoms with Crippen LogP contribution in [0.5, 0.6) is 5.88 Å². The lowest BCUT2D eigenvalue weighted by Gasteiger charge is -2.31. The predicted octanol–water partition coefficient (Wildman–Crippen LogP) is 2.64. The molecule has 3 heterocycles. The number of H-pyrrole nitrogens is 1. The first-order chi connectivity index (χ1) is 11.8. The number of aromatic nitrogens is 3. The Morgan fingerprint density at radius 1 is 1.21 bits per heavy atom. The summed E-state index contributed by atoms with van der Waals surface area (Å²) in [5.41, 5.74) is 1.72. The number of benzene rings is 1. The van der Waals surface area contributed by atoms with Gasteiger partial charge in [-0.15, -0.1) is 0 Å². The van der Waals surface area contributed by atoms with Crippen LogP contribution in [0.4, 0.5) is 0 Å². The van der Waals surface area contributed by atoms with Gasteiger partial charge in [0.15, 0.2) is 0 Å². The van der Waals surface area contributed by atoms with E-state index in [9.17, 15) is 4.79 Å². The molecule has 0 bridgehead atoms. The quantitative estimate of drug-likeness (QED) is 0.805. The summed E-state index contributed by atoms with van der Waals surface area (Å²) >= 11 is 0. The van der Waals surface area contributed by atoms with Crippen molar-refractivity contribution in [3.8, 4) is 5.88 Å². The standard InChI is InChI=1S/C18H18N4O2/c23-18(15-11-21-16-4-2-1-3-14(15)16)22-9-5-13(6-10-22)24-17-12-19-7-8-20-17/h1-4,7-8,11-13,21H,5-6,9-10H2. The van der Waals surface area contributed by atoms with Gasteiger partial charge in [-0.2, -0.15) is 0 Å². The Bertz CT molecular complexity index is 838. The molecule has 0 unspecified atom stereocenters. The smallest absolute Gasteiger partial charge is 0.256 e. The topological polar surface area (TPSA) is 71.1 Å². The second-order valence-electron chi connectivity index (χ2n) is 5.90. The monoisotopic (exact) mass is 322 g/mol. The molecular formula is C18H18N4O2. The molecular weight excluding hydrogens is 304 g/mol. The van der Waals surface area contributed by atoms with E-state index in [1.165, 1.54) is 0 Å². The van der Waals surface area contributed by atoms with Gasteiger partial charge in [0, 0.05) is 55.4 Å². The van der Waals surface area contributed by atoms with E-state index in [4.69, 9.17) is 4.74 Å². The number of piperidine rings is 1. The molecule has 0 saturated carbocycles. The van der Waals surface area contributed by atoms with Gasteiger partial charge in [-0.3, -0.25) is 9.78 Å². The highest BCUT2D eigenvalue weighted by Crippen LogP contribution is 2.22. The number of carbonyl (C=O) groups is 1. The van der Waals surface area contributed by atoms with Crippen LogP contribution in [0.1, 0.15) is 23.2 Å². The molecule has 0 spiro atoms. The van der Waals surface area contributed by atoms with Gasteiger partial charge in [0.25, 0.3) is 5.91 Å². The molecule has 0 aliphatic carbocycles. The molecule has 1 aliphatic heterocycles. The van der Waals surface area contributed by atoms with Crippen LogP contribution in [0, 0.1) is 0 Å². The normalized spacial score (nSPS) is 15.6. The van der Waals surface area contributed by atoms with Gasteiger partial charge in [0.1, 0.15) is 6.10 Å². The zero-order valence-electron chi connectivity index (χ0n) is 13.2. The van der Waals surface area contributed by atoms with Crippen molar-refractivity contribution < 1.29 is 9.53 Å². The molecule has 4 rings (SSSR count). The van der Waals surface area contributed by atoms with E-state index in [2.05, 4.69) is 15.0 Å². The Kier molecular flexibility index (Phi) is 3.86. The summed E-state index contributed by atoms with van der Waals surface area (Å²) in [6, 6.07) is 7.87. The summed E-state index contributed by atoms with van der Waals surface area (Å²) in [6.45, 7) is 1.37. The number of nitrogens with zero attached hydrogens (tertiary/aromatic N) is 3. The first-order valence-corrected chi connectivity index (χ1v) is 8.09. The van der Waals surface area contributed by atoms with Crippen molar-refractivity contribution in [3.63, 3.8) is 0 Å². The predicted molar refractivity (Wildman–Crippen MR) is 89.9 cm³/mol. The third-order valence-electron chi connectivity index (χ3n) is 4.38. The molecule has 122 valence electrons. The van der Waals surface area contributed by atoms with Crippen molar-refractivity contribution >= 4 is 16.8 Å². The molecule has 1 N–H and O–H groups in total. The van der Waals surface area contributed by atoms with Gasteiger partial charge >= 0.3 is 0 Å². The number of hydrogen-bond donors (Lipinski definition) is 1. The van der Waals surface area contributed by atoms with Crippen molar-refractivity contribution in [2.45, 2.75) is 18.9 Å². The molecule has 1 saturated heterocycles. The number of likely N-dealkylation sites (tertiary alicyclic amines) is 1. The summed E-state index contributed by atoms with van der Waals surface area (Å²) < 4.78 is 5.83. The minimum absolute atomic E-state index is 0.0744. The lowest BCUT2D eigenvalue weighted by Crippen LogP contribution is -2.41. The lowest BCUT2D eigenvalue weighted by molar-refractivity contribution is 0.0589. The molecule has 1 aromatic carbocycles. The molecule has 6 nitrogen and oxygen atoms in total. The fourth-order valence-electron chi connectivity index (χ4n) is 3.11. The maximum atomic E-state index is 12.8. The highest BCUT2D eigenvalue weighted by atomic mass is 16.5. The minimum atomic E-state index is 0.0744. The number of rotatable bonds is 3. The zero-order valence-corrected chi connectivity index (χ0v) is 13.2. The molecule has 6 heteroatoms. The van der Waals surface area contributed by atoms with E-state index in [1.54, 1.807) is 24.8 Å². The fourth-order valence-corrected chi connectivity index (χ4v) is 3.11. The summed E-state index contributed by atoms with van der Waals surface area (Å²) in [6.07, 6.45) is 8.32. The molecule has 0 atom stereocenters. The summed E-state index contributed by atoms with van der Waals surface area (Å²) in [4.78, 5) is 26.0. The number of aromatic amines is 1. The summed E-state index contributed by atoms with van der Waals surface area (Å²) in [7, 11) is 0. The van der Waals surface area contributed by atoms with Crippen molar-refractivity contribution in [3.05, 3.63) is 54.6 Å². The molecule has 1 aliphatic rings. The van der Waals surface area contributed by atoms with Crippen LogP contribution in [0.25, 0.3) is 10.9 Å². The van der Waals surface area contributed by atoms with Gasteiger partial charge in [-0.1, -0.05) is 18.2 Å². The molecule has 0 radical (unpaired) electrons. The Hall–Kier alpha value is -2.89. The van der Waals surface area contributed by atoms with E-state index >= 15 is 0 Å². The van der Waals surface area contributed by atoms with E-state index in [-0.39, 0.29) is 12.0 Å². The number of hydrogen-bond acceptors (Lipinski definition) is 4. The van der Waals surface area contributed by atoms with Gasteiger partial charge in [-0.05, 0) is 6.07 Å². The number of amides is 1.